The number of carbonyl (C=O) groups is 2. The molecular formula is C24H26N6O3S. The van der Waals surface area contributed by atoms with Crippen molar-refractivity contribution in [2.24, 2.45) is 5.73 Å². The highest BCUT2D eigenvalue weighted by Crippen LogP contribution is 2.39. The van der Waals surface area contributed by atoms with Gasteiger partial charge in [0, 0.05) is 19.1 Å². The van der Waals surface area contributed by atoms with E-state index in [9.17, 15) is 20.1 Å². The lowest BCUT2D eigenvalue weighted by atomic mass is 10.00. The molecule has 1 aliphatic heterocycles. The Morgan fingerprint density at radius 3 is 2.41 bits per heavy atom. The predicted molar refractivity (Wildman–Crippen MR) is 128 cm³/mol. The number of thioether (sulfide) groups is 1. The second kappa shape index (κ2) is 11.5. The first-order valence-electron chi connectivity index (χ1n) is 11.0. The number of aromatic nitrogens is 1. The van der Waals surface area contributed by atoms with E-state index in [1.807, 2.05) is 30.0 Å². The van der Waals surface area contributed by atoms with E-state index >= 15 is 0 Å². The van der Waals surface area contributed by atoms with E-state index in [1.54, 1.807) is 12.1 Å². The summed E-state index contributed by atoms with van der Waals surface area (Å²) in [5.74, 6) is -0.968. The molecule has 2 aromatic rings. The van der Waals surface area contributed by atoms with Crippen LogP contribution in [-0.4, -0.2) is 47.6 Å². The fraction of sp³-hybridized carbons (Fsp3) is 0.375. The van der Waals surface area contributed by atoms with Gasteiger partial charge in [0.1, 0.15) is 28.2 Å². The third-order valence-corrected chi connectivity index (χ3v) is 7.01. The molecule has 0 spiro atoms. The maximum atomic E-state index is 12.3. The highest BCUT2D eigenvalue weighted by Gasteiger charge is 2.29. The van der Waals surface area contributed by atoms with E-state index in [0.717, 1.165) is 11.8 Å². The first-order chi connectivity index (χ1) is 16.4. The zero-order valence-electron chi connectivity index (χ0n) is 18.8. The first kappa shape index (κ1) is 25.0. The SMILES string of the molecule is CCc1c(C#N)c(SC(C(N)=O)c2ccccc2)nc(N2CCC(NCC(=O)O)CC2)c1C#N. The number of carboxylic acids is 1. The summed E-state index contributed by atoms with van der Waals surface area (Å²) in [6, 6.07) is 13.5. The van der Waals surface area contributed by atoms with Crippen molar-refractivity contribution < 1.29 is 14.7 Å². The number of hydrogen-bond donors (Lipinski definition) is 3. The summed E-state index contributed by atoms with van der Waals surface area (Å²) in [5.41, 5.74) is 7.65. The number of anilines is 1. The fourth-order valence-corrected chi connectivity index (χ4v) is 5.11. The summed E-state index contributed by atoms with van der Waals surface area (Å²) in [7, 11) is 0. The Balaban J connectivity index is 1.98. The Bertz CT molecular complexity index is 1130. The lowest BCUT2D eigenvalue weighted by Crippen LogP contribution is -2.44. The van der Waals surface area contributed by atoms with Gasteiger partial charge < -0.3 is 21.1 Å². The number of aliphatic carboxylic acids is 1. The second-order valence-corrected chi connectivity index (χ2v) is 8.99. The molecule has 0 radical (unpaired) electrons. The van der Waals surface area contributed by atoms with Crippen LogP contribution in [0.25, 0.3) is 0 Å². The molecule has 0 saturated carbocycles. The monoisotopic (exact) mass is 478 g/mol. The van der Waals surface area contributed by atoms with Crippen molar-refractivity contribution >= 4 is 29.5 Å². The van der Waals surface area contributed by atoms with E-state index in [1.165, 1.54) is 0 Å². The number of nitrogens with one attached hydrogen (secondary N) is 1. The predicted octanol–water partition coefficient (Wildman–Crippen LogP) is 2.35. The summed E-state index contributed by atoms with van der Waals surface area (Å²) in [6.45, 7) is 2.93. The minimum absolute atomic E-state index is 0.0630. The molecule has 3 rings (SSSR count). The molecule has 1 aromatic heterocycles. The number of nitrogens with two attached hydrogens (primary N) is 1. The van der Waals surface area contributed by atoms with Gasteiger partial charge in [-0.25, -0.2) is 4.98 Å². The van der Waals surface area contributed by atoms with E-state index in [-0.39, 0.29) is 18.2 Å². The molecule has 1 atom stereocenters. The van der Waals surface area contributed by atoms with Crippen LogP contribution in [0.3, 0.4) is 0 Å². The van der Waals surface area contributed by atoms with Crippen LogP contribution in [0.15, 0.2) is 35.4 Å². The summed E-state index contributed by atoms with van der Waals surface area (Å²) < 4.78 is 0. The Hall–Kier alpha value is -3.60. The van der Waals surface area contributed by atoms with Crippen LogP contribution in [-0.2, 0) is 16.0 Å². The molecule has 176 valence electrons. The molecule has 1 aromatic carbocycles. The maximum absolute atomic E-state index is 12.3. The number of carboxylic acid groups (broad SMARTS) is 1. The van der Waals surface area contributed by atoms with Crippen LogP contribution in [0.2, 0.25) is 0 Å². The molecule has 9 nitrogen and oxygen atoms in total. The third-order valence-electron chi connectivity index (χ3n) is 5.75. The minimum atomic E-state index is -0.903. The molecule has 2 heterocycles. The smallest absolute Gasteiger partial charge is 0.317 e. The molecule has 10 heteroatoms. The lowest BCUT2D eigenvalue weighted by molar-refractivity contribution is -0.136. The van der Waals surface area contributed by atoms with E-state index in [2.05, 4.69) is 17.5 Å². The minimum Gasteiger partial charge on any atom is -0.480 e. The van der Waals surface area contributed by atoms with Gasteiger partial charge in [-0.1, -0.05) is 49.0 Å². The molecule has 1 fully saturated rings. The number of nitrogens with zero attached hydrogens (tertiary/aromatic N) is 4. The van der Waals surface area contributed by atoms with Crippen molar-refractivity contribution in [1.82, 2.24) is 10.3 Å². The zero-order chi connectivity index (χ0) is 24.7. The van der Waals surface area contributed by atoms with E-state index in [0.29, 0.717) is 59.9 Å². The van der Waals surface area contributed by atoms with E-state index < -0.39 is 17.1 Å². The topological polar surface area (TPSA) is 156 Å². The summed E-state index contributed by atoms with van der Waals surface area (Å²) in [4.78, 5) is 29.8. The van der Waals surface area contributed by atoms with Crippen LogP contribution in [0, 0.1) is 22.7 Å². The fourth-order valence-electron chi connectivity index (χ4n) is 4.05. The standard InChI is InChI=1S/C24H26N6O3S/c1-2-17-18(12-25)23(30-10-8-16(9-11-30)28-14-20(31)32)29-24(19(17)13-26)34-21(22(27)33)15-6-4-3-5-7-15/h3-7,16,21,28H,2,8-11,14H2,1H3,(H2,27,33)(H,31,32). The molecule has 1 amide bonds. The number of piperidine rings is 1. The molecule has 1 saturated heterocycles. The van der Waals surface area contributed by atoms with Crippen molar-refractivity contribution in [2.75, 3.05) is 24.5 Å². The second-order valence-electron chi connectivity index (χ2n) is 7.89. The quantitative estimate of drug-likeness (QED) is 0.460. The number of hydrogen-bond acceptors (Lipinski definition) is 8. The van der Waals surface area contributed by atoms with Gasteiger partial charge in [-0.2, -0.15) is 10.5 Å². The molecular weight excluding hydrogens is 452 g/mol. The Morgan fingerprint density at radius 2 is 1.88 bits per heavy atom. The third kappa shape index (κ3) is 5.66. The average molecular weight is 479 g/mol. The van der Waals surface area contributed by atoms with E-state index in [4.69, 9.17) is 15.8 Å². The van der Waals surface area contributed by atoms with Gasteiger partial charge in [0.15, 0.2) is 0 Å². The first-order valence-corrected chi connectivity index (χ1v) is 11.9. The zero-order valence-corrected chi connectivity index (χ0v) is 19.6. The summed E-state index contributed by atoms with van der Waals surface area (Å²) in [5, 5.41) is 31.4. The van der Waals surface area contributed by atoms with Crippen LogP contribution in [0.1, 0.15) is 47.3 Å². The number of amides is 1. The van der Waals surface area contributed by atoms with Crippen molar-refractivity contribution in [2.45, 2.75) is 42.5 Å². The highest BCUT2D eigenvalue weighted by atomic mass is 32.2. The largest absolute Gasteiger partial charge is 0.480 e. The molecule has 0 aliphatic carbocycles. The molecule has 1 unspecified atom stereocenters. The Kier molecular flexibility index (Phi) is 8.47. The van der Waals surface area contributed by atoms with Crippen molar-refractivity contribution in [3.05, 3.63) is 52.6 Å². The van der Waals surface area contributed by atoms with Crippen LogP contribution < -0.4 is 16.0 Å². The van der Waals surface area contributed by atoms with Gasteiger partial charge in [-0.05, 0) is 30.4 Å². The Labute approximate surface area is 202 Å². The lowest BCUT2D eigenvalue weighted by Gasteiger charge is -2.34. The van der Waals surface area contributed by atoms with Crippen molar-refractivity contribution in [3.63, 3.8) is 0 Å². The van der Waals surface area contributed by atoms with Crippen molar-refractivity contribution in [3.8, 4) is 12.1 Å². The van der Waals surface area contributed by atoms with Gasteiger partial charge >= 0.3 is 5.97 Å². The van der Waals surface area contributed by atoms with Gasteiger partial charge in [0.25, 0.3) is 0 Å². The number of rotatable bonds is 9. The average Bonchev–Trinajstić information content (AvgIpc) is 2.85. The number of benzene rings is 1. The van der Waals surface area contributed by atoms with Gasteiger partial charge in [0.2, 0.25) is 5.91 Å². The number of carbonyl (C=O) groups excluding carboxylic acids is 1. The molecule has 34 heavy (non-hydrogen) atoms. The summed E-state index contributed by atoms with van der Waals surface area (Å²) >= 11 is 1.12. The molecule has 4 N–H and O–H groups in total. The number of primary amides is 1. The molecule has 0 bridgehead atoms. The van der Waals surface area contributed by atoms with Crippen LogP contribution >= 0.6 is 11.8 Å². The molecule has 1 aliphatic rings. The van der Waals surface area contributed by atoms with Gasteiger partial charge in [0.05, 0.1) is 17.7 Å². The van der Waals surface area contributed by atoms with Gasteiger partial charge in [-0.3, -0.25) is 9.59 Å². The summed E-state index contributed by atoms with van der Waals surface area (Å²) in [6.07, 6.45) is 1.84. The number of nitriles is 2. The van der Waals surface area contributed by atoms with Crippen LogP contribution in [0.5, 0.6) is 0 Å². The number of pyridine rings is 1. The highest BCUT2D eigenvalue weighted by molar-refractivity contribution is 8.00. The van der Waals surface area contributed by atoms with Crippen molar-refractivity contribution in [1.29, 1.82) is 10.5 Å². The normalized spacial score (nSPS) is 14.7. The Morgan fingerprint density at radius 1 is 1.24 bits per heavy atom. The van der Waals surface area contributed by atoms with Crippen LogP contribution in [0.4, 0.5) is 5.82 Å². The maximum Gasteiger partial charge on any atom is 0.317 e. The van der Waals surface area contributed by atoms with Gasteiger partial charge in [-0.15, -0.1) is 0 Å².